The molecule has 0 aliphatic heterocycles. The van der Waals surface area contributed by atoms with Gasteiger partial charge in [0.25, 0.3) is 0 Å². The minimum Gasteiger partial charge on any atom is -0.497 e. The number of hydrogen-bond donors (Lipinski definition) is 1. The van der Waals surface area contributed by atoms with Gasteiger partial charge in [-0.15, -0.1) is 0 Å². The smallest absolute Gasteiger partial charge is 0.128 e. The minimum absolute atomic E-state index is 0.249. The van der Waals surface area contributed by atoms with Crippen LogP contribution in [-0.4, -0.2) is 20.5 Å². The zero-order chi connectivity index (χ0) is 10.6. The van der Waals surface area contributed by atoms with Crippen LogP contribution < -0.4 is 15.2 Å². The molecule has 1 aromatic rings. The van der Waals surface area contributed by atoms with E-state index in [-0.39, 0.29) is 6.42 Å². The summed E-state index contributed by atoms with van der Waals surface area (Å²) in [4.78, 5) is 10.4. The highest BCUT2D eigenvalue weighted by atomic mass is 16.5. The van der Waals surface area contributed by atoms with Gasteiger partial charge in [0.2, 0.25) is 0 Å². The number of nitrogen functional groups attached to an aromatic ring is 1. The van der Waals surface area contributed by atoms with E-state index in [2.05, 4.69) is 0 Å². The van der Waals surface area contributed by atoms with E-state index in [1.165, 1.54) is 7.11 Å². The van der Waals surface area contributed by atoms with Gasteiger partial charge in [-0.2, -0.15) is 0 Å². The first kappa shape index (κ1) is 10.4. The molecule has 1 aromatic carbocycles. The SMILES string of the molecule is COc1cc(N)c(CC=O)c(OC)c1. The Labute approximate surface area is 82.6 Å². The molecule has 0 radical (unpaired) electrons. The maximum absolute atomic E-state index is 10.4. The fourth-order valence-corrected chi connectivity index (χ4v) is 1.24. The summed E-state index contributed by atoms with van der Waals surface area (Å²) < 4.78 is 10.1. The first-order valence-corrected chi connectivity index (χ1v) is 4.17. The fraction of sp³-hybridized carbons (Fsp3) is 0.300. The average Bonchev–Trinajstić information content (AvgIpc) is 2.20. The average molecular weight is 195 g/mol. The molecular formula is C10H13NO3. The van der Waals surface area contributed by atoms with Crippen LogP contribution in [0.4, 0.5) is 5.69 Å². The lowest BCUT2D eigenvalue weighted by Gasteiger charge is -2.11. The molecule has 0 saturated carbocycles. The third kappa shape index (κ3) is 1.96. The Morgan fingerprint density at radius 3 is 2.57 bits per heavy atom. The van der Waals surface area contributed by atoms with Gasteiger partial charge in [0.1, 0.15) is 17.8 Å². The van der Waals surface area contributed by atoms with Crippen LogP contribution >= 0.6 is 0 Å². The molecule has 0 saturated heterocycles. The molecule has 76 valence electrons. The molecule has 14 heavy (non-hydrogen) atoms. The molecule has 0 atom stereocenters. The van der Waals surface area contributed by atoms with E-state index >= 15 is 0 Å². The van der Waals surface area contributed by atoms with Gasteiger partial charge >= 0.3 is 0 Å². The Morgan fingerprint density at radius 1 is 1.36 bits per heavy atom. The number of methoxy groups -OCH3 is 2. The van der Waals surface area contributed by atoms with Crippen LogP contribution in [0.15, 0.2) is 12.1 Å². The fourth-order valence-electron chi connectivity index (χ4n) is 1.24. The van der Waals surface area contributed by atoms with Gasteiger partial charge in [0.05, 0.1) is 14.2 Å². The molecule has 0 heterocycles. The summed E-state index contributed by atoms with van der Waals surface area (Å²) in [5.41, 5.74) is 6.95. The van der Waals surface area contributed by atoms with Gasteiger partial charge in [-0.25, -0.2) is 0 Å². The van der Waals surface area contributed by atoms with Crippen molar-refractivity contribution in [2.45, 2.75) is 6.42 Å². The third-order valence-corrected chi connectivity index (χ3v) is 1.96. The quantitative estimate of drug-likeness (QED) is 0.575. The number of aldehydes is 1. The van der Waals surface area contributed by atoms with Crippen molar-refractivity contribution in [3.8, 4) is 11.5 Å². The number of hydrogen-bond acceptors (Lipinski definition) is 4. The highest BCUT2D eigenvalue weighted by Gasteiger charge is 2.09. The summed E-state index contributed by atoms with van der Waals surface area (Å²) in [7, 11) is 3.08. The van der Waals surface area contributed by atoms with E-state index in [0.29, 0.717) is 22.7 Å². The lowest BCUT2D eigenvalue weighted by Crippen LogP contribution is -2.00. The summed E-state index contributed by atoms with van der Waals surface area (Å²) >= 11 is 0. The standard InChI is InChI=1S/C10H13NO3/c1-13-7-5-9(11)8(3-4-12)10(6-7)14-2/h4-6H,3,11H2,1-2H3. The number of carbonyl (C=O) groups excluding carboxylic acids is 1. The molecule has 0 bridgehead atoms. The Kier molecular flexibility index (Phi) is 3.34. The number of carbonyl (C=O) groups is 1. The summed E-state index contributed by atoms with van der Waals surface area (Å²) in [5.74, 6) is 1.20. The van der Waals surface area contributed by atoms with Crippen molar-refractivity contribution in [3.05, 3.63) is 17.7 Å². The Bertz CT molecular complexity index is 336. The van der Waals surface area contributed by atoms with Crippen LogP contribution in [0.2, 0.25) is 0 Å². The lowest BCUT2D eigenvalue weighted by atomic mass is 10.1. The number of anilines is 1. The number of rotatable bonds is 4. The lowest BCUT2D eigenvalue weighted by molar-refractivity contribution is -0.107. The Balaban J connectivity index is 3.19. The number of benzene rings is 1. The monoisotopic (exact) mass is 195 g/mol. The van der Waals surface area contributed by atoms with Gasteiger partial charge in [0, 0.05) is 29.8 Å². The summed E-state index contributed by atoms with van der Waals surface area (Å²) in [6.45, 7) is 0. The van der Waals surface area contributed by atoms with Crippen molar-refractivity contribution in [1.29, 1.82) is 0 Å². The predicted molar refractivity (Wildman–Crippen MR) is 53.7 cm³/mol. The zero-order valence-electron chi connectivity index (χ0n) is 8.24. The molecule has 2 N–H and O–H groups in total. The molecule has 0 unspecified atom stereocenters. The van der Waals surface area contributed by atoms with E-state index in [0.717, 1.165) is 6.29 Å². The second-order valence-electron chi connectivity index (χ2n) is 2.77. The number of nitrogens with two attached hydrogens (primary N) is 1. The maximum atomic E-state index is 10.4. The van der Waals surface area contributed by atoms with Gasteiger partial charge in [-0.3, -0.25) is 0 Å². The zero-order valence-corrected chi connectivity index (χ0v) is 8.24. The van der Waals surface area contributed by atoms with E-state index < -0.39 is 0 Å². The highest BCUT2D eigenvalue weighted by molar-refractivity contribution is 5.67. The van der Waals surface area contributed by atoms with Gasteiger partial charge in [0.15, 0.2) is 0 Å². The van der Waals surface area contributed by atoms with Crippen molar-refractivity contribution in [3.63, 3.8) is 0 Å². The van der Waals surface area contributed by atoms with Crippen LogP contribution in [0.25, 0.3) is 0 Å². The third-order valence-electron chi connectivity index (χ3n) is 1.96. The summed E-state index contributed by atoms with van der Waals surface area (Å²) in [6, 6.07) is 3.37. The Morgan fingerprint density at radius 2 is 2.07 bits per heavy atom. The van der Waals surface area contributed by atoms with E-state index in [1.807, 2.05) is 0 Å². The maximum Gasteiger partial charge on any atom is 0.128 e. The van der Waals surface area contributed by atoms with Gasteiger partial charge < -0.3 is 20.0 Å². The van der Waals surface area contributed by atoms with Crippen molar-refractivity contribution in [2.24, 2.45) is 0 Å². The summed E-state index contributed by atoms with van der Waals surface area (Å²) in [5, 5.41) is 0. The van der Waals surface area contributed by atoms with Crippen LogP contribution in [0.1, 0.15) is 5.56 Å². The van der Waals surface area contributed by atoms with Crippen molar-refractivity contribution >= 4 is 12.0 Å². The normalized spacial score (nSPS) is 9.57. The number of ether oxygens (including phenoxy) is 2. The molecule has 0 fully saturated rings. The van der Waals surface area contributed by atoms with Crippen molar-refractivity contribution in [2.75, 3.05) is 20.0 Å². The van der Waals surface area contributed by atoms with Crippen molar-refractivity contribution in [1.82, 2.24) is 0 Å². The predicted octanol–water partition coefficient (Wildman–Crippen LogP) is 1.03. The molecule has 4 heteroatoms. The van der Waals surface area contributed by atoms with Crippen LogP contribution in [0, 0.1) is 0 Å². The van der Waals surface area contributed by atoms with Crippen LogP contribution in [0.5, 0.6) is 11.5 Å². The highest BCUT2D eigenvalue weighted by Crippen LogP contribution is 2.30. The van der Waals surface area contributed by atoms with E-state index in [9.17, 15) is 4.79 Å². The van der Waals surface area contributed by atoms with Crippen molar-refractivity contribution < 1.29 is 14.3 Å². The first-order chi connectivity index (χ1) is 6.72. The van der Waals surface area contributed by atoms with Crippen LogP contribution in [0.3, 0.4) is 0 Å². The molecule has 0 amide bonds. The molecular weight excluding hydrogens is 182 g/mol. The topological polar surface area (TPSA) is 61.5 Å². The second-order valence-corrected chi connectivity index (χ2v) is 2.77. The molecule has 0 aliphatic rings. The Hall–Kier alpha value is -1.71. The van der Waals surface area contributed by atoms with Gasteiger partial charge in [-0.1, -0.05) is 0 Å². The second kappa shape index (κ2) is 4.50. The molecule has 0 spiro atoms. The molecule has 0 aliphatic carbocycles. The largest absolute Gasteiger partial charge is 0.497 e. The first-order valence-electron chi connectivity index (χ1n) is 4.17. The summed E-state index contributed by atoms with van der Waals surface area (Å²) in [6.07, 6.45) is 1.04. The van der Waals surface area contributed by atoms with Crippen LogP contribution in [-0.2, 0) is 11.2 Å². The molecule has 0 aromatic heterocycles. The molecule has 1 rings (SSSR count). The van der Waals surface area contributed by atoms with Gasteiger partial charge in [-0.05, 0) is 0 Å². The minimum atomic E-state index is 0.249. The molecule has 4 nitrogen and oxygen atoms in total. The van der Waals surface area contributed by atoms with E-state index in [1.54, 1.807) is 19.2 Å². The van der Waals surface area contributed by atoms with E-state index in [4.69, 9.17) is 15.2 Å².